The van der Waals surface area contributed by atoms with Gasteiger partial charge in [0.1, 0.15) is 0 Å². The Morgan fingerprint density at radius 2 is 2.12 bits per heavy atom. The SMILES string of the molecule is CN(C)CC(C)(O)CNC(=O)C1(CN)CCC1. The fourth-order valence-corrected chi connectivity index (χ4v) is 2.32. The molecule has 1 fully saturated rings. The molecule has 1 unspecified atom stereocenters. The number of amides is 1. The molecule has 0 aromatic rings. The Morgan fingerprint density at radius 1 is 1.53 bits per heavy atom. The van der Waals surface area contributed by atoms with Gasteiger partial charge in [0.15, 0.2) is 0 Å². The lowest BCUT2D eigenvalue weighted by Crippen LogP contribution is -2.54. The quantitative estimate of drug-likeness (QED) is 0.590. The van der Waals surface area contributed by atoms with Gasteiger partial charge in [0, 0.05) is 19.6 Å². The van der Waals surface area contributed by atoms with E-state index >= 15 is 0 Å². The molecular formula is C12H25N3O2. The van der Waals surface area contributed by atoms with Crippen LogP contribution in [0.5, 0.6) is 0 Å². The highest BCUT2D eigenvalue weighted by molar-refractivity contribution is 5.83. The van der Waals surface area contributed by atoms with Crippen molar-refractivity contribution in [3.05, 3.63) is 0 Å². The second-order valence-electron chi connectivity index (χ2n) is 5.76. The lowest BCUT2D eigenvalue weighted by atomic mass is 9.68. The maximum atomic E-state index is 12.0. The third kappa shape index (κ3) is 3.66. The summed E-state index contributed by atoms with van der Waals surface area (Å²) in [6, 6.07) is 0. The Morgan fingerprint density at radius 3 is 2.47 bits per heavy atom. The molecule has 0 bridgehead atoms. The first-order valence-corrected chi connectivity index (χ1v) is 6.17. The summed E-state index contributed by atoms with van der Waals surface area (Å²) in [5.41, 5.74) is 4.39. The van der Waals surface area contributed by atoms with Crippen LogP contribution < -0.4 is 11.1 Å². The molecule has 4 N–H and O–H groups in total. The minimum atomic E-state index is -0.904. The van der Waals surface area contributed by atoms with Crippen LogP contribution in [0.25, 0.3) is 0 Å². The average molecular weight is 243 g/mol. The van der Waals surface area contributed by atoms with E-state index in [-0.39, 0.29) is 17.9 Å². The van der Waals surface area contributed by atoms with Crippen molar-refractivity contribution >= 4 is 5.91 Å². The van der Waals surface area contributed by atoms with Gasteiger partial charge in [0.25, 0.3) is 0 Å². The first-order chi connectivity index (χ1) is 7.81. The van der Waals surface area contributed by atoms with Crippen molar-refractivity contribution in [2.45, 2.75) is 31.8 Å². The minimum Gasteiger partial charge on any atom is -0.387 e. The van der Waals surface area contributed by atoms with E-state index in [0.29, 0.717) is 13.1 Å². The van der Waals surface area contributed by atoms with E-state index in [0.717, 1.165) is 19.3 Å². The fourth-order valence-electron chi connectivity index (χ4n) is 2.32. The Balaban J connectivity index is 2.42. The van der Waals surface area contributed by atoms with Crippen LogP contribution in [0.15, 0.2) is 0 Å². The third-order valence-corrected chi connectivity index (χ3v) is 3.47. The highest BCUT2D eigenvalue weighted by atomic mass is 16.3. The summed E-state index contributed by atoms with van der Waals surface area (Å²) in [6.45, 7) is 2.91. The van der Waals surface area contributed by atoms with E-state index in [9.17, 15) is 9.90 Å². The molecule has 0 spiro atoms. The molecule has 1 atom stereocenters. The smallest absolute Gasteiger partial charge is 0.227 e. The number of hydrogen-bond donors (Lipinski definition) is 3. The molecule has 0 radical (unpaired) electrons. The maximum Gasteiger partial charge on any atom is 0.227 e. The third-order valence-electron chi connectivity index (χ3n) is 3.47. The molecule has 5 heteroatoms. The molecule has 0 aromatic carbocycles. The van der Waals surface area contributed by atoms with Crippen molar-refractivity contribution < 1.29 is 9.90 Å². The maximum absolute atomic E-state index is 12.0. The zero-order valence-corrected chi connectivity index (χ0v) is 11.1. The first kappa shape index (κ1) is 14.4. The molecule has 17 heavy (non-hydrogen) atoms. The van der Waals surface area contributed by atoms with Gasteiger partial charge in [-0.15, -0.1) is 0 Å². The van der Waals surface area contributed by atoms with Crippen molar-refractivity contribution in [2.75, 3.05) is 33.7 Å². The highest BCUT2D eigenvalue weighted by Gasteiger charge is 2.43. The summed E-state index contributed by atoms with van der Waals surface area (Å²) < 4.78 is 0. The predicted molar refractivity (Wildman–Crippen MR) is 67.5 cm³/mol. The van der Waals surface area contributed by atoms with Crippen LogP contribution in [0.4, 0.5) is 0 Å². The van der Waals surface area contributed by atoms with Crippen LogP contribution >= 0.6 is 0 Å². The van der Waals surface area contributed by atoms with Crippen molar-refractivity contribution in [1.82, 2.24) is 10.2 Å². The molecule has 0 saturated heterocycles. The van der Waals surface area contributed by atoms with E-state index in [2.05, 4.69) is 5.32 Å². The van der Waals surface area contributed by atoms with Crippen LogP contribution in [0.2, 0.25) is 0 Å². The summed E-state index contributed by atoms with van der Waals surface area (Å²) in [4.78, 5) is 13.9. The second-order valence-corrected chi connectivity index (χ2v) is 5.76. The molecule has 1 rings (SSSR count). The van der Waals surface area contributed by atoms with Crippen LogP contribution in [0, 0.1) is 5.41 Å². The van der Waals surface area contributed by atoms with Gasteiger partial charge in [-0.3, -0.25) is 4.79 Å². The van der Waals surface area contributed by atoms with Gasteiger partial charge in [0.05, 0.1) is 11.0 Å². The molecule has 1 amide bonds. The summed E-state index contributed by atoms with van der Waals surface area (Å²) in [7, 11) is 3.78. The standard InChI is InChI=1S/C12H25N3O2/c1-11(17,9-15(2)3)8-14-10(16)12(7-13)5-4-6-12/h17H,4-9,13H2,1-3H3,(H,14,16). The molecule has 0 aliphatic heterocycles. The van der Waals surface area contributed by atoms with Gasteiger partial charge >= 0.3 is 0 Å². The summed E-state index contributed by atoms with van der Waals surface area (Å²) in [5.74, 6) is -0.00900. The van der Waals surface area contributed by atoms with E-state index in [1.165, 1.54) is 0 Å². The summed E-state index contributed by atoms with van der Waals surface area (Å²) in [6.07, 6.45) is 2.80. The monoisotopic (exact) mass is 243 g/mol. The molecule has 1 aliphatic rings. The van der Waals surface area contributed by atoms with Crippen molar-refractivity contribution in [2.24, 2.45) is 11.1 Å². The first-order valence-electron chi connectivity index (χ1n) is 6.17. The minimum absolute atomic E-state index is 0.00900. The molecule has 0 aromatic heterocycles. The number of hydrogen-bond acceptors (Lipinski definition) is 4. The number of nitrogens with zero attached hydrogens (tertiary/aromatic N) is 1. The number of aliphatic hydroxyl groups is 1. The topological polar surface area (TPSA) is 78.6 Å². The van der Waals surface area contributed by atoms with Crippen LogP contribution in [0.3, 0.4) is 0 Å². The molecule has 5 nitrogen and oxygen atoms in total. The number of carbonyl (C=O) groups is 1. The van der Waals surface area contributed by atoms with Gasteiger partial charge in [-0.1, -0.05) is 6.42 Å². The van der Waals surface area contributed by atoms with Crippen molar-refractivity contribution in [3.63, 3.8) is 0 Å². The van der Waals surface area contributed by atoms with Crippen LogP contribution in [0.1, 0.15) is 26.2 Å². The number of nitrogens with two attached hydrogens (primary N) is 1. The lowest BCUT2D eigenvalue weighted by Gasteiger charge is -2.40. The largest absolute Gasteiger partial charge is 0.387 e. The molecule has 1 aliphatic carbocycles. The van der Waals surface area contributed by atoms with Gasteiger partial charge in [-0.05, 0) is 33.9 Å². The van der Waals surface area contributed by atoms with Crippen LogP contribution in [-0.2, 0) is 4.79 Å². The predicted octanol–water partition coefficient (Wildman–Crippen LogP) is -0.456. The number of rotatable bonds is 6. The van der Waals surface area contributed by atoms with Crippen LogP contribution in [-0.4, -0.2) is 55.2 Å². The van der Waals surface area contributed by atoms with Crippen molar-refractivity contribution in [3.8, 4) is 0 Å². The zero-order valence-electron chi connectivity index (χ0n) is 11.1. The van der Waals surface area contributed by atoms with E-state index in [1.54, 1.807) is 6.92 Å². The Bertz CT molecular complexity index is 267. The average Bonchev–Trinajstić information content (AvgIpc) is 2.12. The van der Waals surface area contributed by atoms with Gasteiger partial charge in [-0.2, -0.15) is 0 Å². The number of nitrogens with one attached hydrogen (secondary N) is 1. The highest BCUT2D eigenvalue weighted by Crippen LogP contribution is 2.39. The summed E-state index contributed by atoms with van der Waals surface area (Å²) in [5, 5.41) is 12.9. The number of likely N-dealkylation sites (N-methyl/N-ethyl adjacent to an activating group) is 1. The summed E-state index contributed by atoms with van der Waals surface area (Å²) >= 11 is 0. The van der Waals surface area contributed by atoms with E-state index < -0.39 is 5.60 Å². The second kappa shape index (κ2) is 5.33. The van der Waals surface area contributed by atoms with Gasteiger partial charge in [0.2, 0.25) is 5.91 Å². The van der Waals surface area contributed by atoms with Crippen molar-refractivity contribution in [1.29, 1.82) is 0 Å². The molecule has 1 saturated carbocycles. The number of carbonyl (C=O) groups excluding carboxylic acids is 1. The van der Waals surface area contributed by atoms with Gasteiger partial charge in [-0.25, -0.2) is 0 Å². The Kier molecular flexibility index (Phi) is 4.52. The molecule has 0 heterocycles. The lowest BCUT2D eigenvalue weighted by molar-refractivity contribution is -0.136. The normalized spacial score (nSPS) is 21.8. The molecular weight excluding hydrogens is 218 g/mol. The molecule has 100 valence electrons. The fraction of sp³-hybridized carbons (Fsp3) is 0.917. The van der Waals surface area contributed by atoms with E-state index in [1.807, 2.05) is 19.0 Å². The Labute approximate surface area is 103 Å². The Hall–Kier alpha value is -0.650. The van der Waals surface area contributed by atoms with Gasteiger partial charge < -0.3 is 21.1 Å². The zero-order chi connectivity index (χ0) is 13.1. The van der Waals surface area contributed by atoms with E-state index in [4.69, 9.17) is 5.73 Å².